The third kappa shape index (κ3) is 5.04. The molecule has 4 nitrogen and oxygen atoms in total. The summed E-state index contributed by atoms with van der Waals surface area (Å²) < 4.78 is 32.4. The molecule has 7 heteroatoms. The van der Waals surface area contributed by atoms with Gasteiger partial charge in [0.1, 0.15) is 24.0 Å². The van der Waals surface area contributed by atoms with Crippen molar-refractivity contribution in [3.8, 4) is 5.75 Å². The Labute approximate surface area is 178 Å². The third-order valence-corrected chi connectivity index (χ3v) is 6.06. The molecule has 1 saturated heterocycles. The molecule has 3 aromatic rings. The largest absolute Gasteiger partial charge is 0.489 e. The van der Waals surface area contributed by atoms with Gasteiger partial charge in [0.15, 0.2) is 0 Å². The van der Waals surface area contributed by atoms with Gasteiger partial charge in [0, 0.05) is 43.9 Å². The van der Waals surface area contributed by atoms with Gasteiger partial charge in [0.05, 0.1) is 4.88 Å². The Balaban J connectivity index is 1.28. The number of piperazine rings is 1. The normalized spacial score (nSPS) is 14.7. The number of carbonyl (C=O) groups excluding carboxylic acids is 1. The van der Waals surface area contributed by atoms with E-state index in [0.29, 0.717) is 55.5 Å². The number of halogens is 2. The van der Waals surface area contributed by atoms with Gasteiger partial charge in [-0.25, -0.2) is 8.78 Å². The molecule has 0 radical (unpaired) electrons. The Morgan fingerprint density at radius 1 is 1.00 bits per heavy atom. The lowest BCUT2D eigenvalue weighted by molar-refractivity contribution is 0.0631. The highest BCUT2D eigenvalue weighted by Gasteiger charge is 2.23. The number of rotatable bonds is 6. The Morgan fingerprint density at radius 3 is 2.47 bits per heavy atom. The average molecular weight is 429 g/mol. The molecule has 0 atom stereocenters. The molecule has 0 spiro atoms. The van der Waals surface area contributed by atoms with Crippen molar-refractivity contribution < 1.29 is 18.3 Å². The lowest BCUT2D eigenvalue weighted by Crippen LogP contribution is -2.48. The smallest absolute Gasteiger partial charge is 0.264 e. The van der Waals surface area contributed by atoms with Crippen LogP contribution in [0.25, 0.3) is 0 Å². The molecule has 0 aliphatic carbocycles. The Morgan fingerprint density at radius 2 is 1.73 bits per heavy atom. The summed E-state index contributed by atoms with van der Waals surface area (Å²) in [6, 6.07) is 14.5. The molecule has 1 amide bonds. The molecule has 1 aliphatic rings. The second-order valence-electron chi connectivity index (χ2n) is 7.22. The molecule has 1 aromatic heterocycles. The minimum atomic E-state index is -0.306. The fraction of sp³-hybridized carbons (Fsp3) is 0.261. The van der Waals surface area contributed by atoms with Gasteiger partial charge >= 0.3 is 0 Å². The van der Waals surface area contributed by atoms with Gasteiger partial charge in [0.25, 0.3) is 5.91 Å². The SMILES string of the molecule is O=C(c1cc(COc2ccc(F)cc2)cs1)N1CCN(Cc2ccccc2F)CC1. The summed E-state index contributed by atoms with van der Waals surface area (Å²) in [5, 5.41) is 1.91. The molecule has 0 bridgehead atoms. The van der Waals surface area contributed by atoms with Crippen LogP contribution >= 0.6 is 11.3 Å². The van der Waals surface area contributed by atoms with Crippen LogP contribution in [0.2, 0.25) is 0 Å². The standard InChI is InChI=1S/C23H22F2N2O2S/c24-19-5-7-20(8-6-19)29-15-17-13-22(30-16-17)23(28)27-11-9-26(10-12-27)14-18-3-1-2-4-21(18)25/h1-8,13,16H,9-12,14-15H2. The van der Waals surface area contributed by atoms with Crippen LogP contribution in [0.1, 0.15) is 20.8 Å². The highest BCUT2D eigenvalue weighted by molar-refractivity contribution is 7.12. The number of ether oxygens (including phenoxy) is 1. The fourth-order valence-corrected chi connectivity index (χ4v) is 4.26. The summed E-state index contributed by atoms with van der Waals surface area (Å²) in [5.41, 5.74) is 1.59. The van der Waals surface area contributed by atoms with Gasteiger partial charge in [-0.15, -0.1) is 11.3 Å². The highest BCUT2D eigenvalue weighted by Crippen LogP contribution is 2.21. The first-order valence-electron chi connectivity index (χ1n) is 9.79. The van der Waals surface area contributed by atoms with E-state index < -0.39 is 0 Å². The zero-order valence-electron chi connectivity index (χ0n) is 16.4. The summed E-state index contributed by atoms with van der Waals surface area (Å²) in [7, 11) is 0. The number of thiophene rings is 1. The van der Waals surface area contributed by atoms with Gasteiger partial charge < -0.3 is 9.64 Å². The number of carbonyl (C=O) groups is 1. The fourth-order valence-electron chi connectivity index (χ4n) is 3.39. The number of hydrogen-bond donors (Lipinski definition) is 0. The van der Waals surface area contributed by atoms with Crippen LogP contribution in [0.15, 0.2) is 60.0 Å². The summed E-state index contributed by atoms with van der Waals surface area (Å²) in [6.45, 7) is 3.54. The van der Waals surface area contributed by atoms with E-state index in [1.54, 1.807) is 24.3 Å². The van der Waals surface area contributed by atoms with Crippen molar-refractivity contribution in [1.82, 2.24) is 9.80 Å². The number of amides is 1. The van der Waals surface area contributed by atoms with E-state index in [2.05, 4.69) is 4.90 Å². The van der Waals surface area contributed by atoms with E-state index in [-0.39, 0.29) is 17.5 Å². The second kappa shape index (κ2) is 9.36. The van der Waals surface area contributed by atoms with Crippen LogP contribution in [-0.2, 0) is 13.2 Å². The molecular weight excluding hydrogens is 406 g/mol. The van der Waals surface area contributed by atoms with E-state index in [9.17, 15) is 13.6 Å². The zero-order valence-corrected chi connectivity index (χ0v) is 17.2. The van der Waals surface area contributed by atoms with Crippen LogP contribution < -0.4 is 4.74 Å². The molecule has 1 fully saturated rings. The van der Waals surface area contributed by atoms with Crippen molar-refractivity contribution in [2.75, 3.05) is 26.2 Å². The Bertz CT molecular complexity index is 998. The van der Waals surface area contributed by atoms with Crippen molar-refractivity contribution in [2.24, 2.45) is 0 Å². The van der Waals surface area contributed by atoms with E-state index in [1.807, 2.05) is 22.4 Å². The van der Waals surface area contributed by atoms with Crippen molar-refractivity contribution in [3.05, 3.63) is 87.6 Å². The number of hydrogen-bond acceptors (Lipinski definition) is 4. The lowest BCUT2D eigenvalue weighted by atomic mass is 10.2. The van der Waals surface area contributed by atoms with E-state index >= 15 is 0 Å². The van der Waals surface area contributed by atoms with Crippen LogP contribution in [0.5, 0.6) is 5.75 Å². The van der Waals surface area contributed by atoms with Crippen LogP contribution in [0, 0.1) is 11.6 Å². The van der Waals surface area contributed by atoms with Gasteiger partial charge in [-0.1, -0.05) is 18.2 Å². The number of nitrogens with zero attached hydrogens (tertiary/aromatic N) is 2. The van der Waals surface area contributed by atoms with Crippen molar-refractivity contribution in [1.29, 1.82) is 0 Å². The monoisotopic (exact) mass is 428 g/mol. The molecule has 4 rings (SSSR count). The Hall–Kier alpha value is -2.77. The maximum atomic E-state index is 13.8. The second-order valence-corrected chi connectivity index (χ2v) is 8.13. The molecule has 2 aromatic carbocycles. The van der Waals surface area contributed by atoms with Crippen molar-refractivity contribution >= 4 is 17.2 Å². The predicted octanol–water partition coefficient (Wildman–Crippen LogP) is 4.56. The third-order valence-electron chi connectivity index (χ3n) is 5.09. The van der Waals surface area contributed by atoms with Crippen molar-refractivity contribution in [3.63, 3.8) is 0 Å². The van der Waals surface area contributed by atoms with Crippen LogP contribution in [0.4, 0.5) is 8.78 Å². The van der Waals surface area contributed by atoms with Gasteiger partial charge in [-0.05, 0) is 41.8 Å². The zero-order chi connectivity index (χ0) is 20.9. The van der Waals surface area contributed by atoms with Gasteiger partial charge in [0.2, 0.25) is 0 Å². The summed E-state index contributed by atoms with van der Waals surface area (Å²) >= 11 is 1.40. The van der Waals surface area contributed by atoms with Crippen LogP contribution in [-0.4, -0.2) is 41.9 Å². The summed E-state index contributed by atoms with van der Waals surface area (Å²) in [5.74, 6) is 0.102. The van der Waals surface area contributed by atoms with E-state index in [0.717, 1.165) is 5.56 Å². The maximum absolute atomic E-state index is 13.8. The minimum absolute atomic E-state index is 0.0126. The molecular formula is C23H22F2N2O2S. The van der Waals surface area contributed by atoms with Gasteiger partial charge in [-0.2, -0.15) is 0 Å². The molecule has 156 valence electrons. The maximum Gasteiger partial charge on any atom is 0.264 e. The molecule has 30 heavy (non-hydrogen) atoms. The first-order chi connectivity index (χ1) is 14.6. The summed E-state index contributed by atoms with van der Waals surface area (Å²) in [6.07, 6.45) is 0. The molecule has 0 saturated carbocycles. The first-order valence-corrected chi connectivity index (χ1v) is 10.7. The van der Waals surface area contributed by atoms with E-state index in [1.165, 1.54) is 29.5 Å². The number of benzene rings is 2. The highest BCUT2D eigenvalue weighted by atomic mass is 32.1. The topological polar surface area (TPSA) is 32.8 Å². The lowest BCUT2D eigenvalue weighted by Gasteiger charge is -2.34. The van der Waals surface area contributed by atoms with E-state index in [4.69, 9.17) is 4.74 Å². The van der Waals surface area contributed by atoms with Crippen LogP contribution in [0.3, 0.4) is 0 Å². The first kappa shape index (κ1) is 20.5. The van der Waals surface area contributed by atoms with Gasteiger partial charge in [-0.3, -0.25) is 9.69 Å². The van der Waals surface area contributed by atoms with Crippen molar-refractivity contribution in [2.45, 2.75) is 13.2 Å². The molecule has 2 heterocycles. The predicted molar refractivity (Wildman–Crippen MR) is 113 cm³/mol. The molecule has 0 N–H and O–H groups in total. The molecule has 1 aliphatic heterocycles. The minimum Gasteiger partial charge on any atom is -0.489 e. The quantitative estimate of drug-likeness (QED) is 0.577. The average Bonchev–Trinajstić information content (AvgIpc) is 3.24. The Kier molecular flexibility index (Phi) is 6.40. The summed E-state index contributed by atoms with van der Waals surface area (Å²) in [4.78, 5) is 17.5. The molecule has 0 unspecified atom stereocenters.